The molecule has 0 saturated carbocycles. The molecular weight excluding hydrogens is 288 g/mol. The topological polar surface area (TPSA) is 65.1 Å². The first-order valence-electron chi connectivity index (χ1n) is 7.00. The van der Waals surface area contributed by atoms with Gasteiger partial charge in [0, 0.05) is 11.6 Å². The summed E-state index contributed by atoms with van der Waals surface area (Å²) in [4.78, 5) is 0. The Kier molecular flexibility index (Phi) is 5.61. The average Bonchev–Trinajstić information content (AvgIpc) is 2.90. The third-order valence-corrected chi connectivity index (χ3v) is 3.78. The Bertz CT molecular complexity index is 585. The number of benzene rings is 1. The van der Waals surface area contributed by atoms with Crippen LogP contribution in [0.1, 0.15) is 30.6 Å². The van der Waals surface area contributed by atoms with Crippen molar-refractivity contribution < 1.29 is 4.74 Å². The van der Waals surface area contributed by atoms with Crippen LogP contribution in [-0.2, 0) is 13.0 Å². The lowest BCUT2D eigenvalue weighted by Crippen LogP contribution is -2.32. The third kappa shape index (κ3) is 3.56. The maximum Gasteiger partial charge on any atom is 0.161 e. The lowest BCUT2D eigenvalue weighted by atomic mass is 10.0. The predicted molar refractivity (Wildman–Crippen MR) is 84.3 cm³/mol. The van der Waals surface area contributed by atoms with E-state index in [-0.39, 0.29) is 6.04 Å². The largest absolute Gasteiger partial charge is 0.493 e. The number of ether oxygens (including phenoxy) is 1. The van der Waals surface area contributed by atoms with Crippen LogP contribution in [0.25, 0.3) is 0 Å². The number of methoxy groups -OCH3 is 1. The monoisotopic (exact) mass is 308 g/mol. The van der Waals surface area contributed by atoms with Crippen molar-refractivity contribution in [2.75, 3.05) is 7.11 Å². The molecule has 1 unspecified atom stereocenters. The van der Waals surface area contributed by atoms with E-state index in [9.17, 15) is 0 Å². The van der Waals surface area contributed by atoms with Gasteiger partial charge in [0.05, 0.1) is 25.0 Å². The van der Waals surface area contributed by atoms with E-state index in [1.165, 1.54) is 0 Å². The summed E-state index contributed by atoms with van der Waals surface area (Å²) in [5.74, 6) is 6.50. The van der Waals surface area contributed by atoms with Gasteiger partial charge in [0.1, 0.15) is 0 Å². The minimum absolute atomic E-state index is 0.117. The molecular formula is C15H21ClN4O. The van der Waals surface area contributed by atoms with E-state index in [4.69, 9.17) is 22.2 Å². The van der Waals surface area contributed by atoms with E-state index >= 15 is 0 Å². The Morgan fingerprint density at radius 1 is 1.43 bits per heavy atom. The number of halogens is 1. The zero-order chi connectivity index (χ0) is 15.2. The molecule has 1 heterocycles. The van der Waals surface area contributed by atoms with Crippen LogP contribution in [0.4, 0.5) is 0 Å². The highest BCUT2D eigenvalue weighted by molar-refractivity contribution is 6.31. The first kappa shape index (κ1) is 15.8. The Hall–Kier alpha value is -1.56. The van der Waals surface area contributed by atoms with Crippen LogP contribution < -0.4 is 16.0 Å². The normalized spacial score (nSPS) is 12.4. The Balaban J connectivity index is 2.32. The van der Waals surface area contributed by atoms with Gasteiger partial charge < -0.3 is 4.74 Å². The average molecular weight is 309 g/mol. The van der Waals surface area contributed by atoms with Gasteiger partial charge in [-0.1, -0.05) is 36.7 Å². The molecule has 0 aliphatic rings. The van der Waals surface area contributed by atoms with Gasteiger partial charge >= 0.3 is 0 Å². The van der Waals surface area contributed by atoms with Gasteiger partial charge in [0.25, 0.3) is 0 Å². The van der Waals surface area contributed by atoms with Crippen LogP contribution in [0.3, 0.4) is 0 Å². The van der Waals surface area contributed by atoms with Crippen molar-refractivity contribution in [3.05, 3.63) is 46.7 Å². The molecule has 0 amide bonds. The predicted octanol–water partition coefficient (Wildman–Crippen LogP) is 2.70. The number of hydrogen-bond donors (Lipinski definition) is 2. The first-order chi connectivity index (χ1) is 10.2. The van der Waals surface area contributed by atoms with Crippen LogP contribution in [0.5, 0.6) is 5.75 Å². The number of nitrogens with zero attached hydrogens (tertiary/aromatic N) is 2. The number of aryl methyl sites for hydroxylation is 1. The SMILES string of the molecule is CCCn1ncc(OC)c1C(Cc1ccccc1Cl)NN. The summed E-state index contributed by atoms with van der Waals surface area (Å²) >= 11 is 6.24. The molecule has 1 aromatic carbocycles. The Morgan fingerprint density at radius 3 is 2.81 bits per heavy atom. The molecule has 2 aromatic rings. The van der Waals surface area contributed by atoms with Crippen LogP contribution in [0.15, 0.2) is 30.5 Å². The molecule has 6 heteroatoms. The second-order valence-corrected chi connectivity index (χ2v) is 5.24. The number of nitrogens with two attached hydrogens (primary N) is 1. The number of rotatable bonds is 7. The van der Waals surface area contributed by atoms with Crippen LogP contribution in [0.2, 0.25) is 5.02 Å². The molecule has 3 N–H and O–H groups in total. The van der Waals surface area contributed by atoms with Gasteiger partial charge in [0.2, 0.25) is 0 Å². The minimum atomic E-state index is -0.117. The lowest BCUT2D eigenvalue weighted by Gasteiger charge is -2.19. The molecule has 0 aliphatic carbocycles. The van der Waals surface area contributed by atoms with Crippen molar-refractivity contribution in [1.82, 2.24) is 15.2 Å². The second-order valence-electron chi connectivity index (χ2n) is 4.84. The summed E-state index contributed by atoms with van der Waals surface area (Å²) in [5.41, 5.74) is 4.84. The van der Waals surface area contributed by atoms with Crippen LogP contribution >= 0.6 is 11.6 Å². The fraction of sp³-hybridized carbons (Fsp3) is 0.400. The van der Waals surface area contributed by atoms with Crippen LogP contribution in [0, 0.1) is 0 Å². The van der Waals surface area contributed by atoms with Gasteiger partial charge in [-0.2, -0.15) is 5.10 Å². The fourth-order valence-electron chi connectivity index (χ4n) is 2.39. The number of aromatic nitrogens is 2. The van der Waals surface area contributed by atoms with E-state index in [0.717, 1.165) is 35.0 Å². The summed E-state index contributed by atoms with van der Waals surface area (Å²) in [5, 5.41) is 5.11. The number of hydrogen-bond acceptors (Lipinski definition) is 4. The minimum Gasteiger partial charge on any atom is -0.493 e. The van der Waals surface area contributed by atoms with Crippen molar-refractivity contribution in [2.45, 2.75) is 32.4 Å². The summed E-state index contributed by atoms with van der Waals surface area (Å²) < 4.78 is 7.34. The van der Waals surface area contributed by atoms with Crippen molar-refractivity contribution in [2.24, 2.45) is 5.84 Å². The molecule has 0 bridgehead atoms. The molecule has 1 aromatic heterocycles. The molecule has 0 saturated heterocycles. The molecule has 114 valence electrons. The molecule has 5 nitrogen and oxygen atoms in total. The Morgan fingerprint density at radius 2 is 2.19 bits per heavy atom. The number of nitrogens with one attached hydrogen (secondary N) is 1. The Labute approximate surface area is 130 Å². The fourth-order valence-corrected chi connectivity index (χ4v) is 2.61. The molecule has 0 aliphatic heterocycles. The number of hydrazine groups is 1. The lowest BCUT2D eigenvalue weighted by molar-refractivity contribution is 0.389. The van der Waals surface area contributed by atoms with E-state index in [0.29, 0.717) is 6.42 Å². The van der Waals surface area contributed by atoms with E-state index in [1.807, 2.05) is 28.9 Å². The maximum absolute atomic E-state index is 6.24. The van der Waals surface area contributed by atoms with Crippen molar-refractivity contribution in [3.63, 3.8) is 0 Å². The zero-order valence-electron chi connectivity index (χ0n) is 12.3. The molecule has 0 radical (unpaired) electrons. The van der Waals surface area contributed by atoms with E-state index in [1.54, 1.807) is 13.3 Å². The summed E-state index contributed by atoms with van der Waals surface area (Å²) in [7, 11) is 1.64. The van der Waals surface area contributed by atoms with Crippen molar-refractivity contribution >= 4 is 11.6 Å². The van der Waals surface area contributed by atoms with E-state index < -0.39 is 0 Å². The second kappa shape index (κ2) is 7.45. The smallest absolute Gasteiger partial charge is 0.161 e. The highest BCUT2D eigenvalue weighted by atomic mass is 35.5. The summed E-state index contributed by atoms with van der Waals surface area (Å²) in [6.07, 6.45) is 3.38. The molecule has 21 heavy (non-hydrogen) atoms. The van der Waals surface area contributed by atoms with Gasteiger partial charge in [-0.05, 0) is 24.5 Å². The molecule has 1 atom stereocenters. The van der Waals surface area contributed by atoms with Gasteiger partial charge in [-0.15, -0.1) is 0 Å². The maximum atomic E-state index is 6.24. The standard InChI is InChI=1S/C15H21ClN4O/c1-3-8-20-15(14(21-2)10-18-20)13(19-17)9-11-6-4-5-7-12(11)16/h4-7,10,13,19H,3,8-9,17H2,1-2H3. The highest BCUT2D eigenvalue weighted by Gasteiger charge is 2.22. The van der Waals surface area contributed by atoms with Crippen LogP contribution in [-0.4, -0.2) is 16.9 Å². The molecule has 0 spiro atoms. The van der Waals surface area contributed by atoms with Crippen molar-refractivity contribution in [3.8, 4) is 5.75 Å². The first-order valence-corrected chi connectivity index (χ1v) is 7.38. The summed E-state index contributed by atoms with van der Waals surface area (Å²) in [6.45, 7) is 2.93. The highest BCUT2D eigenvalue weighted by Crippen LogP contribution is 2.29. The molecule has 0 fully saturated rings. The van der Waals surface area contributed by atoms with Gasteiger partial charge in [-0.3, -0.25) is 16.0 Å². The molecule has 2 rings (SSSR count). The van der Waals surface area contributed by atoms with Crippen molar-refractivity contribution in [1.29, 1.82) is 0 Å². The van der Waals surface area contributed by atoms with E-state index in [2.05, 4.69) is 17.4 Å². The quantitative estimate of drug-likeness (QED) is 0.610. The summed E-state index contributed by atoms with van der Waals surface area (Å²) in [6, 6.07) is 7.65. The van der Waals surface area contributed by atoms with Gasteiger partial charge in [-0.25, -0.2) is 0 Å². The third-order valence-electron chi connectivity index (χ3n) is 3.41. The zero-order valence-corrected chi connectivity index (χ0v) is 13.1. The van der Waals surface area contributed by atoms with Gasteiger partial charge in [0.15, 0.2) is 5.75 Å².